The molecule has 2 aliphatic rings. The van der Waals surface area contributed by atoms with Crippen LogP contribution in [0.4, 0.5) is 0 Å². The molecule has 0 saturated heterocycles. The first-order valence-electron chi connectivity index (χ1n) is 12.2. The molecule has 0 unspecified atom stereocenters. The van der Waals surface area contributed by atoms with E-state index in [1.165, 1.54) is 25.3 Å². The van der Waals surface area contributed by atoms with Gasteiger partial charge >= 0.3 is 0 Å². The lowest BCUT2D eigenvalue weighted by Crippen LogP contribution is -2.28. The summed E-state index contributed by atoms with van der Waals surface area (Å²) in [7, 11) is 1.47. The number of fused-ring (bicyclic) bond motifs is 4. The van der Waals surface area contributed by atoms with Crippen molar-refractivity contribution in [2.75, 3.05) is 7.11 Å². The van der Waals surface area contributed by atoms with Crippen LogP contribution >= 0.6 is 0 Å². The first kappa shape index (κ1) is 23.7. The van der Waals surface area contributed by atoms with E-state index in [4.69, 9.17) is 4.74 Å². The fourth-order valence-corrected chi connectivity index (χ4v) is 6.30. The molecule has 0 aromatic heterocycles. The van der Waals surface area contributed by atoms with Gasteiger partial charge in [0, 0.05) is 41.5 Å². The zero-order chi connectivity index (χ0) is 27.0. The number of phenolic OH excluding ortho intramolecular Hbond substituents is 5. The summed E-state index contributed by atoms with van der Waals surface area (Å²) in [6.07, 6.45) is 0.243. The lowest BCUT2D eigenvalue weighted by atomic mass is 9.63. The van der Waals surface area contributed by atoms with Crippen LogP contribution in [0.1, 0.15) is 72.3 Å². The van der Waals surface area contributed by atoms with Crippen molar-refractivity contribution >= 4 is 5.78 Å². The summed E-state index contributed by atoms with van der Waals surface area (Å²) >= 11 is 0. The fourth-order valence-electron chi connectivity index (χ4n) is 6.30. The number of aromatic hydroxyl groups is 5. The van der Waals surface area contributed by atoms with Gasteiger partial charge in [-0.05, 0) is 71.5 Å². The Morgan fingerprint density at radius 1 is 0.632 bits per heavy atom. The molecular weight excluding hydrogens is 484 g/mol. The number of hydrogen-bond donors (Lipinski definition) is 5. The number of carbonyl (C=O) groups is 1. The normalized spacial score (nSPS) is 17.3. The second-order valence-electron chi connectivity index (χ2n) is 10.2. The minimum atomic E-state index is -0.648. The number of phenols is 5. The Kier molecular flexibility index (Phi) is 5.11. The Bertz CT molecular complexity index is 1630. The quantitative estimate of drug-likeness (QED) is 0.249. The molecule has 7 nitrogen and oxygen atoms in total. The number of benzene rings is 4. The van der Waals surface area contributed by atoms with Crippen molar-refractivity contribution in [3.8, 4) is 34.5 Å². The van der Waals surface area contributed by atoms with Crippen molar-refractivity contribution in [1.82, 2.24) is 0 Å². The molecule has 0 spiro atoms. The molecule has 7 heteroatoms. The molecule has 38 heavy (non-hydrogen) atoms. The molecule has 2 atom stereocenters. The number of ether oxygens (including phenoxy) is 1. The van der Waals surface area contributed by atoms with Crippen molar-refractivity contribution in [2.24, 2.45) is 0 Å². The molecule has 0 heterocycles. The Balaban J connectivity index is 1.78. The molecule has 0 bridgehead atoms. The molecule has 0 aliphatic heterocycles. The van der Waals surface area contributed by atoms with E-state index in [-0.39, 0.29) is 46.3 Å². The Morgan fingerprint density at radius 3 is 1.79 bits per heavy atom. The van der Waals surface area contributed by atoms with Gasteiger partial charge in [0.05, 0.1) is 18.2 Å². The summed E-state index contributed by atoms with van der Waals surface area (Å²) in [6, 6.07) is 12.9. The standard InChI is InChI=1S/C31H26O7/c1-13-4-19-17(23(33)6-13)12-18-20(8-15(32)9-24(18)34)27(19)28-21-5-14(2)7-25(35)29(21)31(37)30-22(28)10-16(38-3)11-26(30)36/h4-11,27-28,32-36H,12H2,1-3H3/t27-,28-/m0/s1. The third-order valence-corrected chi connectivity index (χ3v) is 7.78. The Morgan fingerprint density at radius 2 is 1.13 bits per heavy atom. The SMILES string of the molecule is COc1cc(O)c2c(c1)[C@@H]([C@H]1c3cc(C)cc(O)c3Cc3c(O)cc(O)cc31)c1cc(C)cc(O)c1C2=O. The number of rotatable bonds is 2. The second kappa shape index (κ2) is 8.18. The molecule has 192 valence electrons. The van der Waals surface area contributed by atoms with Crippen LogP contribution in [0.2, 0.25) is 0 Å². The predicted molar refractivity (Wildman–Crippen MR) is 140 cm³/mol. The summed E-state index contributed by atoms with van der Waals surface area (Å²) < 4.78 is 5.44. The average molecular weight is 511 g/mol. The van der Waals surface area contributed by atoms with E-state index in [1.807, 2.05) is 26.0 Å². The monoisotopic (exact) mass is 510 g/mol. The second-order valence-corrected chi connectivity index (χ2v) is 10.2. The molecule has 5 N–H and O–H groups in total. The van der Waals surface area contributed by atoms with Crippen LogP contribution in [-0.2, 0) is 6.42 Å². The highest BCUT2D eigenvalue weighted by Crippen LogP contribution is 2.56. The lowest BCUT2D eigenvalue weighted by molar-refractivity contribution is 0.102. The van der Waals surface area contributed by atoms with Crippen molar-refractivity contribution in [1.29, 1.82) is 0 Å². The van der Waals surface area contributed by atoms with Gasteiger partial charge in [-0.3, -0.25) is 4.79 Å². The van der Waals surface area contributed by atoms with Crippen molar-refractivity contribution in [2.45, 2.75) is 32.1 Å². The van der Waals surface area contributed by atoms with Gasteiger partial charge in [0.15, 0.2) is 0 Å². The highest BCUT2D eigenvalue weighted by molar-refractivity contribution is 6.16. The van der Waals surface area contributed by atoms with Gasteiger partial charge in [-0.1, -0.05) is 12.1 Å². The minimum absolute atomic E-state index is 0.0531. The molecule has 0 fully saturated rings. The van der Waals surface area contributed by atoms with Gasteiger partial charge < -0.3 is 30.3 Å². The van der Waals surface area contributed by atoms with Crippen LogP contribution in [0.3, 0.4) is 0 Å². The van der Waals surface area contributed by atoms with E-state index in [2.05, 4.69) is 0 Å². The number of aryl methyl sites for hydroxylation is 2. The summed E-state index contributed by atoms with van der Waals surface area (Å²) in [6.45, 7) is 3.68. The Labute approximate surface area is 218 Å². The molecule has 6 rings (SSSR count). The van der Waals surface area contributed by atoms with Gasteiger partial charge in [0.25, 0.3) is 0 Å². The molecule has 4 aromatic carbocycles. The molecule has 2 aliphatic carbocycles. The van der Waals surface area contributed by atoms with Crippen LogP contribution in [0, 0.1) is 13.8 Å². The molecular formula is C31H26O7. The maximum Gasteiger partial charge on any atom is 0.201 e. The first-order valence-corrected chi connectivity index (χ1v) is 12.2. The predicted octanol–water partition coefficient (Wildman–Crippen LogP) is 5.25. The van der Waals surface area contributed by atoms with E-state index in [0.717, 1.165) is 16.7 Å². The Hall–Kier alpha value is -4.65. The number of ketones is 1. The van der Waals surface area contributed by atoms with Gasteiger partial charge in [-0.25, -0.2) is 0 Å². The third-order valence-electron chi connectivity index (χ3n) is 7.78. The number of hydrogen-bond acceptors (Lipinski definition) is 7. The summed E-state index contributed by atoms with van der Waals surface area (Å²) in [4.78, 5) is 13.7. The van der Waals surface area contributed by atoms with Crippen LogP contribution in [0.15, 0.2) is 48.5 Å². The largest absolute Gasteiger partial charge is 0.508 e. The van der Waals surface area contributed by atoms with Crippen molar-refractivity contribution in [3.63, 3.8) is 0 Å². The highest BCUT2D eigenvalue weighted by Gasteiger charge is 2.44. The van der Waals surface area contributed by atoms with E-state index in [1.54, 1.807) is 18.2 Å². The van der Waals surface area contributed by atoms with E-state index in [0.29, 0.717) is 33.6 Å². The molecule has 0 amide bonds. The molecule has 0 radical (unpaired) electrons. The van der Waals surface area contributed by atoms with Crippen LogP contribution in [0.5, 0.6) is 34.5 Å². The van der Waals surface area contributed by atoms with Gasteiger partial charge in [-0.2, -0.15) is 0 Å². The number of carbonyl (C=O) groups excluding carboxylic acids is 1. The molecule has 4 aromatic rings. The van der Waals surface area contributed by atoms with Crippen molar-refractivity contribution in [3.05, 3.63) is 104 Å². The van der Waals surface area contributed by atoms with E-state index in [9.17, 15) is 30.3 Å². The maximum atomic E-state index is 13.7. The molecule has 0 saturated carbocycles. The summed E-state index contributed by atoms with van der Waals surface area (Å²) in [5, 5.41) is 54.3. The van der Waals surface area contributed by atoms with E-state index < -0.39 is 17.6 Å². The average Bonchev–Trinajstić information content (AvgIpc) is 2.83. The van der Waals surface area contributed by atoms with Crippen LogP contribution in [0.25, 0.3) is 0 Å². The topological polar surface area (TPSA) is 127 Å². The third kappa shape index (κ3) is 3.31. The fraction of sp³-hybridized carbons (Fsp3) is 0.194. The minimum Gasteiger partial charge on any atom is -0.508 e. The smallest absolute Gasteiger partial charge is 0.201 e. The highest BCUT2D eigenvalue weighted by atomic mass is 16.5. The lowest BCUT2D eigenvalue weighted by Gasteiger charge is -2.39. The zero-order valence-electron chi connectivity index (χ0n) is 21.0. The summed E-state index contributed by atoms with van der Waals surface area (Å²) in [5.74, 6) is -2.04. The van der Waals surface area contributed by atoms with Crippen molar-refractivity contribution < 1.29 is 35.1 Å². The van der Waals surface area contributed by atoms with Gasteiger partial charge in [-0.15, -0.1) is 0 Å². The number of methoxy groups -OCH3 is 1. The van der Waals surface area contributed by atoms with Gasteiger partial charge in [0.2, 0.25) is 5.78 Å². The first-order chi connectivity index (χ1) is 18.1. The maximum absolute atomic E-state index is 13.7. The van der Waals surface area contributed by atoms with Crippen LogP contribution < -0.4 is 4.74 Å². The van der Waals surface area contributed by atoms with Gasteiger partial charge in [0.1, 0.15) is 34.5 Å². The van der Waals surface area contributed by atoms with Crippen LogP contribution in [-0.4, -0.2) is 38.4 Å². The summed E-state index contributed by atoms with van der Waals surface area (Å²) in [5.41, 5.74) is 5.27. The van der Waals surface area contributed by atoms with E-state index >= 15 is 0 Å². The zero-order valence-corrected chi connectivity index (χ0v) is 21.0.